The Morgan fingerprint density at radius 2 is 1.94 bits per heavy atom. The number of benzene rings is 1. The fraction of sp³-hybridized carbons (Fsp3) is 0.154. The summed E-state index contributed by atoms with van der Waals surface area (Å²) in [5.41, 5.74) is 1.98. The fourth-order valence-corrected chi connectivity index (χ4v) is 1.65. The second-order valence-electron chi connectivity index (χ2n) is 3.95. The normalized spacial score (nSPS) is 10.1. The highest BCUT2D eigenvalue weighted by Crippen LogP contribution is 2.19. The number of nitro groups is 1. The monoisotopic (exact) mass is 243 g/mol. The maximum absolute atomic E-state index is 10.6. The minimum atomic E-state index is -0.400. The number of aromatic nitrogens is 1. The van der Waals surface area contributed by atoms with E-state index in [0.29, 0.717) is 6.54 Å². The van der Waals surface area contributed by atoms with Crippen LogP contribution in [0.2, 0.25) is 0 Å². The quantitative estimate of drug-likeness (QED) is 0.611. The maximum Gasteiger partial charge on any atom is 0.269 e. The second-order valence-corrected chi connectivity index (χ2v) is 3.95. The number of rotatable bonds is 4. The summed E-state index contributed by atoms with van der Waals surface area (Å²) in [5.74, 6) is 0. The highest BCUT2D eigenvalue weighted by molar-refractivity contribution is 5.50. The van der Waals surface area contributed by atoms with E-state index >= 15 is 0 Å². The van der Waals surface area contributed by atoms with Gasteiger partial charge in [0.15, 0.2) is 0 Å². The second kappa shape index (κ2) is 5.27. The summed E-state index contributed by atoms with van der Waals surface area (Å²) in [6, 6.07) is 12.2. The van der Waals surface area contributed by atoms with Gasteiger partial charge in [0.2, 0.25) is 0 Å². The first-order valence-electron chi connectivity index (χ1n) is 5.52. The van der Waals surface area contributed by atoms with Crippen LogP contribution < -0.4 is 4.90 Å². The molecule has 0 aliphatic rings. The van der Waals surface area contributed by atoms with E-state index in [-0.39, 0.29) is 5.69 Å². The average molecular weight is 243 g/mol. The molecule has 5 nitrogen and oxygen atoms in total. The topological polar surface area (TPSA) is 59.3 Å². The molecular formula is C13H13N3O2. The van der Waals surface area contributed by atoms with Crippen molar-refractivity contribution in [3.05, 3.63) is 64.5 Å². The van der Waals surface area contributed by atoms with Gasteiger partial charge in [0.1, 0.15) is 0 Å². The molecule has 0 aliphatic carbocycles. The molecule has 0 atom stereocenters. The average Bonchev–Trinajstić information content (AvgIpc) is 2.40. The van der Waals surface area contributed by atoms with Crippen LogP contribution in [0.1, 0.15) is 5.69 Å². The minimum Gasteiger partial charge on any atom is -0.369 e. The zero-order valence-electron chi connectivity index (χ0n) is 9.98. The lowest BCUT2D eigenvalue weighted by molar-refractivity contribution is -0.384. The van der Waals surface area contributed by atoms with E-state index in [1.165, 1.54) is 12.1 Å². The molecule has 0 aliphatic heterocycles. The number of pyridine rings is 1. The summed E-state index contributed by atoms with van der Waals surface area (Å²) in [4.78, 5) is 16.4. The van der Waals surface area contributed by atoms with Crippen LogP contribution in [-0.2, 0) is 6.54 Å². The van der Waals surface area contributed by atoms with Crippen molar-refractivity contribution in [1.29, 1.82) is 0 Å². The van der Waals surface area contributed by atoms with Gasteiger partial charge in [-0.15, -0.1) is 0 Å². The molecular weight excluding hydrogens is 230 g/mol. The Bertz CT molecular complexity index is 526. The predicted octanol–water partition coefficient (Wildman–Crippen LogP) is 2.63. The molecule has 5 heteroatoms. The smallest absolute Gasteiger partial charge is 0.269 e. The van der Waals surface area contributed by atoms with Crippen LogP contribution in [0.15, 0.2) is 48.7 Å². The van der Waals surface area contributed by atoms with Crippen molar-refractivity contribution in [2.75, 3.05) is 11.9 Å². The van der Waals surface area contributed by atoms with Crippen molar-refractivity contribution >= 4 is 11.4 Å². The molecule has 0 spiro atoms. The predicted molar refractivity (Wildman–Crippen MR) is 69.4 cm³/mol. The molecule has 0 saturated heterocycles. The molecule has 92 valence electrons. The summed E-state index contributed by atoms with van der Waals surface area (Å²) in [5, 5.41) is 10.6. The first-order valence-corrected chi connectivity index (χ1v) is 5.52. The lowest BCUT2D eigenvalue weighted by Crippen LogP contribution is -2.16. The van der Waals surface area contributed by atoms with E-state index in [4.69, 9.17) is 0 Å². The van der Waals surface area contributed by atoms with Gasteiger partial charge in [-0.1, -0.05) is 6.07 Å². The molecule has 18 heavy (non-hydrogen) atoms. The van der Waals surface area contributed by atoms with Gasteiger partial charge < -0.3 is 4.90 Å². The molecule has 1 heterocycles. The molecule has 1 aromatic heterocycles. The Morgan fingerprint density at radius 1 is 1.22 bits per heavy atom. The summed E-state index contributed by atoms with van der Waals surface area (Å²) in [7, 11) is 1.93. The number of non-ortho nitro benzene ring substituents is 1. The van der Waals surface area contributed by atoms with Gasteiger partial charge in [0, 0.05) is 31.1 Å². The summed E-state index contributed by atoms with van der Waals surface area (Å²) >= 11 is 0. The van der Waals surface area contributed by atoms with Gasteiger partial charge in [0.25, 0.3) is 5.69 Å². The summed E-state index contributed by atoms with van der Waals surface area (Å²) < 4.78 is 0. The largest absolute Gasteiger partial charge is 0.369 e. The van der Waals surface area contributed by atoms with E-state index in [9.17, 15) is 10.1 Å². The van der Waals surface area contributed by atoms with Crippen molar-refractivity contribution in [3.63, 3.8) is 0 Å². The van der Waals surface area contributed by atoms with Gasteiger partial charge in [0.05, 0.1) is 17.2 Å². The Morgan fingerprint density at radius 3 is 2.50 bits per heavy atom. The van der Waals surface area contributed by atoms with Crippen LogP contribution in [0.25, 0.3) is 0 Å². The lowest BCUT2D eigenvalue weighted by atomic mass is 10.2. The molecule has 0 N–H and O–H groups in total. The zero-order valence-corrected chi connectivity index (χ0v) is 9.98. The number of hydrogen-bond acceptors (Lipinski definition) is 4. The first-order chi connectivity index (χ1) is 8.66. The van der Waals surface area contributed by atoms with Gasteiger partial charge in [-0.2, -0.15) is 0 Å². The van der Waals surface area contributed by atoms with E-state index in [1.807, 2.05) is 30.1 Å². The Labute approximate surface area is 105 Å². The van der Waals surface area contributed by atoms with Crippen LogP contribution in [-0.4, -0.2) is 17.0 Å². The van der Waals surface area contributed by atoms with E-state index < -0.39 is 4.92 Å². The molecule has 0 radical (unpaired) electrons. The number of nitrogens with zero attached hydrogens (tertiary/aromatic N) is 3. The number of hydrogen-bond donors (Lipinski definition) is 0. The van der Waals surface area contributed by atoms with Crippen LogP contribution >= 0.6 is 0 Å². The third-order valence-corrected chi connectivity index (χ3v) is 2.63. The highest BCUT2D eigenvalue weighted by Gasteiger charge is 2.07. The standard InChI is InChI=1S/C13H13N3O2/c1-15(10-11-4-2-3-9-14-11)12-5-7-13(8-6-12)16(17)18/h2-9H,10H2,1H3. The van der Waals surface area contributed by atoms with Gasteiger partial charge >= 0.3 is 0 Å². The van der Waals surface area contributed by atoms with Gasteiger partial charge in [-0.3, -0.25) is 15.1 Å². The van der Waals surface area contributed by atoms with Gasteiger partial charge in [-0.25, -0.2) is 0 Å². The molecule has 0 bridgehead atoms. The molecule has 0 unspecified atom stereocenters. The molecule has 0 fully saturated rings. The summed E-state index contributed by atoms with van der Waals surface area (Å²) in [6.07, 6.45) is 1.75. The highest BCUT2D eigenvalue weighted by atomic mass is 16.6. The third kappa shape index (κ3) is 2.82. The van der Waals surface area contributed by atoms with E-state index in [1.54, 1.807) is 18.3 Å². The fourth-order valence-electron chi connectivity index (χ4n) is 1.65. The van der Waals surface area contributed by atoms with Crippen LogP contribution in [0.5, 0.6) is 0 Å². The van der Waals surface area contributed by atoms with Crippen molar-refractivity contribution in [2.24, 2.45) is 0 Å². The zero-order chi connectivity index (χ0) is 13.0. The van der Waals surface area contributed by atoms with Crippen molar-refractivity contribution in [1.82, 2.24) is 4.98 Å². The van der Waals surface area contributed by atoms with Crippen LogP contribution in [0.4, 0.5) is 11.4 Å². The number of anilines is 1. The number of nitro benzene ring substituents is 1. The van der Waals surface area contributed by atoms with E-state index in [2.05, 4.69) is 4.98 Å². The molecule has 0 saturated carbocycles. The van der Waals surface area contributed by atoms with Crippen molar-refractivity contribution in [3.8, 4) is 0 Å². The summed E-state index contributed by atoms with van der Waals surface area (Å²) in [6.45, 7) is 0.665. The van der Waals surface area contributed by atoms with Gasteiger partial charge in [-0.05, 0) is 24.3 Å². The molecule has 1 aromatic carbocycles. The molecule has 2 aromatic rings. The van der Waals surface area contributed by atoms with Crippen molar-refractivity contribution < 1.29 is 4.92 Å². The lowest BCUT2D eigenvalue weighted by Gasteiger charge is -2.18. The Kier molecular flexibility index (Phi) is 3.52. The minimum absolute atomic E-state index is 0.102. The molecule has 0 amide bonds. The Hall–Kier alpha value is -2.43. The SMILES string of the molecule is CN(Cc1ccccn1)c1ccc([N+](=O)[O-])cc1. The Balaban J connectivity index is 2.09. The first kappa shape index (κ1) is 12.0. The van der Waals surface area contributed by atoms with Crippen LogP contribution in [0.3, 0.4) is 0 Å². The third-order valence-electron chi connectivity index (χ3n) is 2.63. The maximum atomic E-state index is 10.6. The van der Waals surface area contributed by atoms with E-state index in [0.717, 1.165) is 11.4 Å². The molecule has 2 rings (SSSR count). The van der Waals surface area contributed by atoms with Crippen molar-refractivity contribution in [2.45, 2.75) is 6.54 Å². The van der Waals surface area contributed by atoms with Crippen LogP contribution in [0, 0.1) is 10.1 Å².